The van der Waals surface area contributed by atoms with Crippen LogP contribution in [0.2, 0.25) is 0 Å². The van der Waals surface area contributed by atoms with Gasteiger partial charge in [0.2, 0.25) is 0 Å². The van der Waals surface area contributed by atoms with E-state index in [4.69, 9.17) is 14.0 Å². The Morgan fingerprint density at radius 1 is 1.14 bits per heavy atom. The molecule has 0 fully saturated rings. The maximum atomic E-state index is 10.7. The molecule has 2 aromatic carbocycles. The Bertz CT molecular complexity index is 1340. The van der Waals surface area contributed by atoms with Gasteiger partial charge in [0.15, 0.2) is 23.0 Å². The highest BCUT2D eigenvalue weighted by Crippen LogP contribution is 2.41. The summed E-state index contributed by atoms with van der Waals surface area (Å²) in [6.45, 7) is 0.821. The summed E-state index contributed by atoms with van der Waals surface area (Å²) in [6, 6.07) is 8.88. The van der Waals surface area contributed by atoms with Crippen LogP contribution in [0.4, 0.5) is 0 Å². The van der Waals surface area contributed by atoms with Crippen molar-refractivity contribution in [3.05, 3.63) is 72.0 Å². The second-order valence-corrected chi connectivity index (χ2v) is 9.24. The number of nitrogens with zero attached hydrogens (tertiary/aromatic N) is 3. The Balaban J connectivity index is 1.61. The van der Waals surface area contributed by atoms with Crippen LogP contribution in [0.15, 0.2) is 55.2 Å². The molecule has 2 heterocycles. The maximum absolute atomic E-state index is 10.7. The zero-order valence-corrected chi connectivity index (χ0v) is 19.8. The van der Waals surface area contributed by atoms with Gasteiger partial charge < -0.3 is 33.3 Å². The van der Waals surface area contributed by atoms with Crippen molar-refractivity contribution in [3.63, 3.8) is 0 Å². The van der Waals surface area contributed by atoms with Crippen molar-refractivity contribution in [2.45, 2.75) is 18.8 Å². The number of phenols is 2. The summed E-state index contributed by atoms with van der Waals surface area (Å²) < 4.78 is 48.3. The Hall–Kier alpha value is -3.74. The Morgan fingerprint density at radius 2 is 1.91 bits per heavy atom. The third kappa shape index (κ3) is 6.04. The lowest BCUT2D eigenvalue weighted by Crippen LogP contribution is -2.31. The first-order valence-electron chi connectivity index (χ1n) is 10.6. The van der Waals surface area contributed by atoms with Crippen LogP contribution in [0, 0.1) is 0 Å². The van der Waals surface area contributed by atoms with E-state index >= 15 is 0 Å². The van der Waals surface area contributed by atoms with Crippen molar-refractivity contribution < 1.29 is 36.8 Å². The molecule has 12 heteroatoms. The normalized spacial score (nSPS) is 16.2. The monoisotopic (exact) mass is 503 g/mol. The molecule has 4 rings (SSSR count). The quantitative estimate of drug-likeness (QED) is 0.226. The van der Waals surface area contributed by atoms with E-state index in [0.29, 0.717) is 22.6 Å². The molecule has 0 unspecified atom stereocenters. The first-order chi connectivity index (χ1) is 16.6. The summed E-state index contributed by atoms with van der Waals surface area (Å²) in [5.74, 6) is 0.348. The second kappa shape index (κ2) is 9.86. The molecule has 0 radical (unpaired) electrons. The number of hydrogen-bond donors (Lipinski definition) is 3. The van der Waals surface area contributed by atoms with E-state index in [1.807, 2.05) is 24.9 Å². The Kier molecular flexibility index (Phi) is 6.87. The van der Waals surface area contributed by atoms with Crippen LogP contribution < -0.4 is 9.47 Å². The minimum Gasteiger partial charge on any atom is -0.504 e. The van der Waals surface area contributed by atoms with Gasteiger partial charge in [0.1, 0.15) is 12.3 Å². The van der Waals surface area contributed by atoms with Gasteiger partial charge >= 0.3 is 10.4 Å². The highest BCUT2D eigenvalue weighted by atomic mass is 32.3. The van der Waals surface area contributed by atoms with Gasteiger partial charge in [-0.15, -0.1) is 0 Å². The molecule has 0 aliphatic carbocycles. The SMILES string of the molecule is CN(C)CCc1cn([C@H](c2ccc(O)c(O)c2)[C@@H]2Oc3ccc(/C=C/OS(=O)(=O)O)cc3O2)cn1. The van der Waals surface area contributed by atoms with Crippen LogP contribution in [0.1, 0.15) is 22.9 Å². The molecule has 0 bridgehead atoms. The number of rotatable bonds is 9. The molecule has 1 aliphatic rings. The van der Waals surface area contributed by atoms with Crippen LogP contribution >= 0.6 is 0 Å². The van der Waals surface area contributed by atoms with E-state index in [0.717, 1.165) is 24.9 Å². The molecule has 1 aromatic heterocycles. The summed E-state index contributed by atoms with van der Waals surface area (Å²) in [6.07, 6.45) is 5.63. The number of aromatic nitrogens is 2. The van der Waals surface area contributed by atoms with Gasteiger partial charge in [0, 0.05) is 19.2 Å². The highest BCUT2D eigenvalue weighted by molar-refractivity contribution is 7.81. The second-order valence-electron chi connectivity index (χ2n) is 8.20. The van der Waals surface area contributed by atoms with Crippen molar-refractivity contribution in [2.24, 2.45) is 0 Å². The van der Waals surface area contributed by atoms with Crippen molar-refractivity contribution in [3.8, 4) is 23.0 Å². The van der Waals surface area contributed by atoms with Gasteiger partial charge in [-0.3, -0.25) is 4.55 Å². The minimum atomic E-state index is -4.59. The summed E-state index contributed by atoms with van der Waals surface area (Å²) in [7, 11) is -0.631. The molecule has 0 amide bonds. The minimum absolute atomic E-state index is 0.245. The zero-order chi connectivity index (χ0) is 25.2. The van der Waals surface area contributed by atoms with Crippen LogP contribution in [0.5, 0.6) is 23.0 Å². The summed E-state index contributed by atoms with van der Waals surface area (Å²) in [5.41, 5.74) is 2.04. The summed E-state index contributed by atoms with van der Waals surface area (Å²) >= 11 is 0. The molecule has 0 saturated carbocycles. The maximum Gasteiger partial charge on any atom is 0.445 e. The number of likely N-dealkylation sites (N-methyl/N-ethyl adjacent to an activating group) is 1. The van der Waals surface area contributed by atoms with Gasteiger partial charge in [-0.25, -0.2) is 4.98 Å². The summed E-state index contributed by atoms with van der Waals surface area (Å²) in [4.78, 5) is 6.54. The van der Waals surface area contributed by atoms with Crippen LogP contribution in [-0.2, 0) is 21.0 Å². The molecule has 3 aromatic rings. The average Bonchev–Trinajstić information content (AvgIpc) is 3.41. The van der Waals surface area contributed by atoms with E-state index in [1.165, 1.54) is 18.2 Å². The van der Waals surface area contributed by atoms with Gasteiger partial charge in [0.05, 0.1) is 12.0 Å². The van der Waals surface area contributed by atoms with E-state index < -0.39 is 22.7 Å². The molecule has 1 aliphatic heterocycles. The molecule has 186 valence electrons. The highest BCUT2D eigenvalue weighted by Gasteiger charge is 2.35. The zero-order valence-electron chi connectivity index (χ0n) is 19.0. The Labute approximate surface area is 202 Å². The largest absolute Gasteiger partial charge is 0.504 e. The standard InChI is InChI=1S/C23H25N3O8S/c1-25(2)9-7-17-13-26(14-24-17)22(16-4-5-18(27)19(28)12-16)23-33-20-6-3-15(11-21(20)34-23)8-10-32-35(29,30)31/h3-6,8,10-14,22-23,27-28H,7,9H2,1-2H3,(H,29,30,31)/b10-8+/t22-,23-/m1/s1. The fraction of sp³-hybridized carbons (Fsp3) is 0.261. The number of hydrogen-bond acceptors (Lipinski definition) is 9. The lowest BCUT2D eigenvalue weighted by atomic mass is 10.1. The van der Waals surface area contributed by atoms with Crippen LogP contribution in [0.25, 0.3) is 6.08 Å². The molecule has 0 spiro atoms. The number of fused-ring (bicyclic) bond motifs is 1. The molecule has 3 N–H and O–H groups in total. The fourth-order valence-corrected chi connectivity index (χ4v) is 3.79. The van der Waals surface area contributed by atoms with Gasteiger partial charge in [-0.05, 0) is 55.6 Å². The van der Waals surface area contributed by atoms with Crippen molar-refractivity contribution in [1.29, 1.82) is 0 Å². The molecule has 11 nitrogen and oxygen atoms in total. The van der Waals surface area contributed by atoms with E-state index in [-0.39, 0.29) is 11.5 Å². The van der Waals surface area contributed by atoms with Gasteiger partial charge in [-0.1, -0.05) is 12.1 Å². The lowest BCUT2D eigenvalue weighted by Gasteiger charge is -2.24. The van der Waals surface area contributed by atoms with Crippen molar-refractivity contribution in [2.75, 3.05) is 20.6 Å². The van der Waals surface area contributed by atoms with Crippen molar-refractivity contribution >= 4 is 16.5 Å². The molecule has 35 heavy (non-hydrogen) atoms. The predicted molar refractivity (Wildman–Crippen MR) is 126 cm³/mol. The predicted octanol–water partition coefficient (Wildman–Crippen LogP) is 2.58. The van der Waals surface area contributed by atoms with E-state index in [2.05, 4.69) is 14.1 Å². The molecular formula is C23H25N3O8S. The van der Waals surface area contributed by atoms with Crippen molar-refractivity contribution in [1.82, 2.24) is 14.5 Å². The third-order valence-corrected chi connectivity index (χ3v) is 5.64. The number of ether oxygens (including phenoxy) is 2. The lowest BCUT2D eigenvalue weighted by molar-refractivity contribution is 0.0148. The number of benzene rings is 2. The average molecular weight is 504 g/mol. The smallest absolute Gasteiger partial charge is 0.445 e. The molecule has 2 atom stereocenters. The van der Waals surface area contributed by atoms with E-state index in [9.17, 15) is 18.6 Å². The number of phenolic OH excluding ortho intramolecular Hbond substituents is 2. The number of imidazole rings is 1. The van der Waals surface area contributed by atoms with Gasteiger partial charge in [-0.2, -0.15) is 8.42 Å². The van der Waals surface area contributed by atoms with E-state index in [1.54, 1.807) is 30.6 Å². The van der Waals surface area contributed by atoms with Gasteiger partial charge in [0.25, 0.3) is 6.29 Å². The van der Waals surface area contributed by atoms with Crippen LogP contribution in [-0.4, -0.2) is 64.6 Å². The first kappa shape index (κ1) is 24.4. The third-order valence-electron chi connectivity index (χ3n) is 5.28. The molecule has 0 saturated heterocycles. The first-order valence-corrected chi connectivity index (χ1v) is 11.9. The topological polar surface area (TPSA) is 144 Å². The number of aromatic hydroxyl groups is 2. The molecular weight excluding hydrogens is 478 g/mol. The van der Waals surface area contributed by atoms with Crippen LogP contribution in [0.3, 0.4) is 0 Å². The summed E-state index contributed by atoms with van der Waals surface area (Å²) in [5, 5.41) is 19.9. The fourth-order valence-electron chi connectivity index (χ4n) is 3.59. The Morgan fingerprint density at radius 3 is 2.63 bits per heavy atom.